The number of nitrogens with zero attached hydrogens (tertiary/aromatic N) is 1. The molecule has 2 aromatic rings. The molecule has 1 atom stereocenters. The van der Waals surface area contributed by atoms with E-state index in [1.165, 1.54) is 21.7 Å². The second-order valence-corrected chi connectivity index (χ2v) is 5.50. The third-order valence-electron chi connectivity index (χ3n) is 3.07. The Labute approximate surface area is 112 Å². The fraction of sp³-hybridized carbons (Fsp3) is 0.286. The van der Waals surface area contributed by atoms with Crippen molar-refractivity contribution in [1.82, 2.24) is 5.43 Å². The predicted octanol–water partition coefficient (Wildman–Crippen LogP) is 2.68. The Morgan fingerprint density at radius 3 is 2.28 bits per heavy atom. The van der Waals surface area contributed by atoms with E-state index in [-0.39, 0.29) is 6.04 Å². The predicted molar refractivity (Wildman–Crippen MR) is 79.0 cm³/mol. The van der Waals surface area contributed by atoms with Crippen LogP contribution in [-0.4, -0.2) is 14.1 Å². The number of hydrogen-bond acceptors (Lipinski definition) is 4. The molecule has 0 saturated carbocycles. The summed E-state index contributed by atoms with van der Waals surface area (Å²) in [5, 5.41) is 2.10. The molecule has 0 spiro atoms. The van der Waals surface area contributed by atoms with Crippen molar-refractivity contribution in [3.05, 3.63) is 51.7 Å². The molecule has 0 aliphatic heterocycles. The van der Waals surface area contributed by atoms with Gasteiger partial charge in [-0.1, -0.05) is 12.1 Å². The summed E-state index contributed by atoms with van der Waals surface area (Å²) < 4.78 is 0. The van der Waals surface area contributed by atoms with Gasteiger partial charge in [0.2, 0.25) is 0 Å². The number of rotatable bonds is 4. The van der Waals surface area contributed by atoms with Gasteiger partial charge in [-0.25, -0.2) is 5.43 Å². The van der Waals surface area contributed by atoms with Crippen molar-refractivity contribution in [2.45, 2.75) is 13.0 Å². The molecule has 0 saturated heterocycles. The summed E-state index contributed by atoms with van der Waals surface area (Å²) in [6.45, 7) is 2.12. The highest BCUT2D eigenvalue weighted by molar-refractivity contribution is 7.10. The van der Waals surface area contributed by atoms with Gasteiger partial charge in [0.15, 0.2) is 0 Å². The van der Waals surface area contributed by atoms with Gasteiger partial charge in [0.05, 0.1) is 6.04 Å². The summed E-state index contributed by atoms with van der Waals surface area (Å²) in [6.07, 6.45) is 0. The van der Waals surface area contributed by atoms with Gasteiger partial charge >= 0.3 is 0 Å². The second-order valence-electron chi connectivity index (χ2n) is 4.55. The van der Waals surface area contributed by atoms with Crippen LogP contribution in [0.25, 0.3) is 0 Å². The number of anilines is 1. The van der Waals surface area contributed by atoms with Gasteiger partial charge in [0, 0.05) is 24.7 Å². The van der Waals surface area contributed by atoms with Crippen LogP contribution in [0.3, 0.4) is 0 Å². The van der Waals surface area contributed by atoms with E-state index in [4.69, 9.17) is 5.84 Å². The minimum atomic E-state index is 0.0706. The molecule has 0 fully saturated rings. The Bertz CT molecular complexity index is 502. The van der Waals surface area contributed by atoms with E-state index in [9.17, 15) is 0 Å². The molecule has 1 aromatic carbocycles. The maximum atomic E-state index is 5.71. The topological polar surface area (TPSA) is 41.3 Å². The number of hydrazine groups is 1. The van der Waals surface area contributed by atoms with Crippen molar-refractivity contribution >= 4 is 17.0 Å². The lowest BCUT2D eigenvalue weighted by atomic mass is 10.0. The van der Waals surface area contributed by atoms with Gasteiger partial charge in [-0.2, -0.15) is 0 Å². The Morgan fingerprint density at radius 2 is 1.83 bits per heavy atom. The lowest BCUT2D eigenvalue weighted by Crippen LogP contribution is -2.28. The zero-order valence-electron chi connectivity index (χ0n) is 11.0. The van der Waals surface area contributed by atoms with Crippen molar-refractivity contribution in [2.24, 2.45) is 5.84 Å². The van der Waals surface area contributed by atoms with Crippen LogP contribution >= 0.6 is 11.3 Å². The maximum Gasteiger partial charge on any atom is 0.0805 e. The van der Waals surface area contributed by atoms with Gasteiger partial charge in [0.1, 0.15) is 0 Å². The smallest absolute Gasteiger partial charge is 0.0805 e. The third kappa shape index (κ3) is 2.56. The summed E-state index contributed by atoms with van der Waals surface area (Å²) in [7, 11) is 4.08. The van der Waals surface area contributed by atoms with E-state index in [0.29, 0.717) is 0 Å². The number of nitrogens with two attached hydrogens (primary N) is 1. The van der Waals surface area contributed by atoms with Crippen molar-refractivity contribution in [3.63, 3.8) is 0 Å². The Balaban J connectivity index is 2.31. The van der Waals surface area contributed by atoms with Gasteiger partial charge in [-0.15, -0.1) is 11.3 Å². The molecular weight excluding hydrogens is 242 g/mol. The molecule has 1 aromatic heterocycles. The highest BCUT2D eigenvalue weighted by Crippen LogP contribution is 2.29. The number of thiophene rings is 1. The first-order valence-corrected chi connectivity index (χ1v) is 6.79. The average molecular weight is 261 g/mol. The van der Waals surface area contributed by atoms with Crippen LogP contribution < -0.4 is 16.2 Å². The van der Waals surface area contributed by atoms with Crippen LogP contribution in [0.4, 0.5) is 5.69 Å². The monoisotopic (exact) mass is 261 g/mol. The summed E-state index contributed by atoms with van der Waals surface area (Å²) in [5.74, 6) is 5.71. The fourth-order valence-electron chi connectivity index (χ4n) is 1.97. The van der Waals surface area contributed by atoms with E-state index >= 15 is 0 Å². The first-order valence-electron chi connectivity index (χ1n) is 5.91. The second kappa shape index (κ2) is 5.52. The quantitative estimate of drug-likeness (QED) is 0.657. The highest BCUT2D eigenvalue weighted by atomic mass is 32.1. The first kappa shape index (κ1) is 13.1. The number of aryl methyl sites for hydroxylation is 1. The van der Waals surface area contributed by atoms with Crippen molar-refractivity contribution in [2.75, 3.05) is 19.0 Å². The molecule has 96 valence electrons. The molecule has 0 radical (unpaired) electrons. The van der Waals surface area contributed by atoms with Crippen LogP contribution in [0.5, 0.6) is 0 Å². The molecule has 2 rings (SSSR count). The molecule has 0 amide bonds. The molecule has 1 heterocycles. The summed E-state index contributed by atoms with van der Waals surface area (Å²) in [4.78, 5) is 3.36. The van der Waals surface area contributed by atoms with Gasteiger partial charge in [0.25, 0.3) is 0 Å². The molecule has 18 heavy (non-hydrogen) atoms. The zero-order chi connectivity index (χ0) is 13.1. The molecule has 3 nitrogen and oxygen atoms in total. The molecule has 1 unspecified atom stereocenters. The van der Waals surface area contributed by atoms with Crippen molar-refractivity contribution in [1.29, 1.82) is 0 Å². The molecule has 4 heteroatoms. The van der Waals surface area contributed by atoms with Crippen LogP contribution in [0.15, 0.2) is 35.7 Å². The lowest BCUT2D eigenvalue weighted by Gasteiger charge is -2.18. The Kier molecular flexibility index (Phi) is 4.01. The first-order chi connectivity index (χ1) is 8.63. The number of benzene rings is 1. The van der Waals surface area contributed by atoms with Crippen LogP contribution in [0, 0.1) is 6.92 Å². The molecule has 0 bridgehead atoms. The maximum absolute atomic E-state index is 5.71. The number of nitrogens with one attached hydrogen (secondary N) is 1. The normalized spacial score (nSPS) is 12.4. The van der Waals surface area contributed by atoms with E-state index in [2.05, 4.69) is 53.0 Å². The number of hydrogen-bond donors (Lipinski definition) is 2. The summed E-state index contributed by atoms with van der Waals surface area (Å²) in [5.41, 5.74) is 6.57. The Morgan fingerprint density at radius 1 is 1.17 bits per heavy atom. The van der Waals surface area contributed by atoms with E-state index in [1.54, 1.807) is 11.3 Å². The van der Waals surface area contributed by atoms with Gasteiger partial charge in [-0.3, -0.25) is 5.84 Å². The standard InChI is InChI=1S/C14H19N3S/c1-10-8-9-18-14(10)13(16-15)11-4-6-12(7-5-11)17(2)3/h4-9,13,16H,15H2,1-3H3. The summed E-state index contributed by atoms with van der Waals surface area (Å²) >= 11 is 1.73. The minimum Gasteiger partial charge on any atom is -0.378 e. The fourth-order valence-corrected chi connectivity index (χ4v) is 2.98. The zero-order valence-corrected chi connectivity index (χ0v) is 11.8. The van der Waals surface area contributed by atoms with E-state index < -0.39 is 0 Å². The van der Waals surface area contributed by atoms with Gasteiger partial charge < -0.3 is 4.90 Å². The van der Waals surface area contributed by atoms with E-state index in [1.807, 2.05) is 14.1 Å². The van der Waals surface area contributed by atoms with Crippen LogP contribution in [0.1, 0.15) is 22.0 Å². The average Bonchev–Trinajstić information content (AvgIpc) is 2.78. The van der Waals surface area contributed by atoms with E-state index in [0.717, 1.165) is 0 Å². The largest absolute Gasteiger partial charge is 0.378 e. The van der Waals surface area contributed by atoms with Crippen molar-refractivity contribution < 1.29 is 0 Å². The minimum absolute atomic E-state index is 0.0706. The molecule has 0 aliphatic carbocycles. The summed E-state index contributed by atoms with van der Waals surface area (Å²) in [6, 6.07) is 10.7. The lowest BCUT2D eigenvalue weighted by molar-refractivity contribution is 0.644. The molecule has 3 N–H and O–H groups in total. The van der Waals surface area contributed by atoms with Crippen molar-refractivity contribution in [3.8, 4) is 0 Å². The van der Waals surface area contributed by atoms with Crippen LogP contribution in [-0.2, 0) is 0 Å². The third-order valence-corrected chi connectivity index (χ3v) is 4.16. The van der Waals surface area contributed by atoms with Gasteiger partial charge in [-0.05, 0) is 41.6 Å². The highest BCUT2D eigenvalue weighted by Gasteiger charge is 2.15. The SMILES string of the molecule is Cc1ccsc1C(NN)c1ccc(N(C)C)cc1. The molecular formula is C14H19N3S. The Hall–Kier alpha value is -1.36. The van der Waals surface area contributed by atoms with Crippen LogP contribution in [0.2, 0.25) is 0 Å². The molecule has 0 aliphatic rings.